The fourth-order valence-electron chi connectivity index (χ4n) is 1.58. The second-order valence-corrected chi connectivity index (χ2v) is 5.03. The molecule has 0 unspecified atom stereocenters. The SMILES string of the molecule is O=C(O)[C@H](CCO)NC(=O)N1CCCSCC1. The van der Waals surface area contributed by atoms with Crippen LogP contribution in [0.3, 0.4) is 0 Å². The van der Waals surface area contributed by atoms with Crippen LogP contribution in [0.2, 0.25) is 0 Å². The van der Waals surface area contributed by atoms with Crippen LogP contribution in [0.1, 0.15) is 12.8 Å². The number of aliphatic hydroxyl groups is 1. The van der Waals surface area contributed by atoms with E-state index >= 15 is 0 Å². The number of rotatable bonds is 4. The van der Waals surface area contributed by atoms with E-state index in [4.69, 9.17) is 10.2 Å². The number of urea groups is 1. The topological polar surface area (TPSA) is 89.9 Å². The summed E-state index contributed by atoms with van der Waals surface area (Å²) in [5.41, 5.74) is 0. The van der Waals surface area contributed by atoms with Crippen LogP contribution >= 0.6 is 11.8 Å². The molecule has 1 aliphatic heterocycles. The number of hydrogen-bond donors (Lipinski definition) is 3. The molecular weight excluding hydrogens is 244 g/mol. The van der Waals surface area contributed by atoms with Crippen molar-refractivity contribution in [3.8, 4) is 0 Å². The highest BCUT2D eigenvalue weighted by atomic mass is 32.2. The first-order valence-corrected chi connectivity index (χ1v) is 6.77. The van der Waals surface area contributed by atoms with Crippen LogP contribution in [0.4, 0.5) is 4.79 Å². The van der Waals surface area contributed by atoms with Gasteiger partial charge in [-0.2, -0.15) is 11.8 Å². The molecule has 0 aliphatic carbocycles. The largest absolute Gasteiger partial charge is 0.480 e. The number of aliphatic carboxylic acids is 1. The van der Waals surface area contributed by atoms with Gasteiger partial charge in [0.2, 0.25) is 0 Å². The zero-order valence-electron chi connectivity index (χ0n) is 9.59. The minimum Gasteiger partial charge on any atom is -0.480 e. The minimum atomic E-state index is -1.11. The number of amides is 2. The molecule has 6 nitrogen and oxygen atoms in total. The number of carbonyl (C=O) groups excluding carboxylic acids is 1. The summed E-state index contributed by atoms with van der Waals surface area (Å²) >= 11 is 1.79. The Balaban J connectivity index is 2.47. The summed E-state index contributed by atoms with van der Waals surface area (Å²) in [5.74, 6) is 0.796. The first-order chi connectivity index (χ1) is 8.15. The molecule has 0 radical (unpaired) electrons. The maximum atomic E-state index is 11.8. The second-order valence-electron chi connectivity index (χ2n) is 3.81. The standard InChI is InChI=1S/C10H18N2O4S/c13-5-2-8(9(14)15)11-10(16)12-3-1-6-17-7-4-12/h8,13H,1-7H2,(H,11,16)(H,14,15)/t8-/m0/s1. The van der Waals surface area contributed by atoms with Gasteiger partial charge in [0.05, 0.1) is 0 Å². The van der Waals surface area contributed by atoms with Crippen LogP contribution in [-0.2, 0) is 4.79 Å². The molecule has 0 aromatic heterocycles. The van der Waals surface area contributed by atoms with E-state index in [1.165, 1.54) is 0 Å². The molecule has 1 fully saturated rings. The molecule has 1 heterocycles. The number of carbonyl (C=O) groups is 2. The van der Waals surface area contributed by atoms with Gasteiger partial charge in [-0.05, 0) is 12.2 Å². The molecule has 1 rings (SSSR count). The summed E-state index contributed by atoms with van der Waals surface area (Å²) < 4.78 is 0. The number of hydrogen-bond acceptors (Lipinski definition) is 4. The van der Waals surface area contributed by atoms with Crippen LogP contribution in [0, 0.1) is 0 Å². The second kappa shape index (κ2) is 7.39. The average Bonchev–Trinajstić information content (AvgIpc) is 2.56. The highest BCUT2D eigenvalue weighted by Crippen LogP contribution is 2.10. The summed E-state index contributed by atoms with van der Waals surface area (Å²) in [6.07, 6.45) is 0.958. The molecule has 3 N–H and O–H groups in total. The predicted octanol–water partition coefficient (Wildman–Crippen LogP) is -0.0295. The summed E-state index contributed by atoms with van der Waals surface area (Å²) in [4.78, 5) is 24.3. The van der Waals surface area contributed by atoms with Gasteiger partial charge in [0, 0.05) is 31.9 Å². The Morgan fingerprint density at radius 1 is 1.35 bits per heavy atom. The first-order valence-electron chi connectivity index (χ1n) is 5.62. The monoisotopic (exact) mass is 262 g/mol. The Labute approximate surface area is 104 Å². The van der Waals surface area contributed by atoms with Crippen molar-refractivity contribution >= 4 is 23.8 Å². The summed E-state index contributed by atoms with van der Waals surface area (Å²) in [7, 11) is 0. The lowest BCUT2D eigenvalue weighted by molar-refractivity contribution is -0.139. The van der Waals surface area contributed by atoms with Gasteiger partial charge in [0.1, 0.15) is 6.04 Å². The number of nitrogens with one attached hydrogen (secondary N) is 1. The maximum Gasteiger partial charge on any atom is 0.326 e. The highest BCUT2D eigenvalue weighted by molar-refractivity contribution is 7.99. The number of thioether (sulfide) groups is 1. The van der Waals surface area contributed by atoms with Gasteiger partial charge in [0.15, 0.2) is 0 Å². The number of carboxylic acid groups (broad SMARTS) is 1. The summed E-state index contributed by atoms with van der Waals surface area (Å²) in [6, 6.07) is -1.36. The zero-order valence-corrected chi connectivity index (χ0v) is 10.4. The van der Waals surface area contributed by atoms with Crippen molar-refractivity contribution < 1.29 is 19.8 Å². The predicted molar refractivity (Wildman–Crippen MR) is 65.2 cm³/mol. The molecular formula is C10H18N2O4S. The lowest BCUT2D eigenvalue weighted by Crippen LogP contribution is -2.48. The molecule has 1 atom stereocenters. The molecule has 1 aliphatic rings. The molecule has 0 bridgehead atoms. The Kier molecular flexibility index (Phi) is 6.13. The maximum absolute atomic E-state index is 11.8. The van der Waals surface area contributed by atoms with Crippen LogP contribution in [0.25, 0.3) is 0 Å². The lowest BCUT2D eigenvalue weighted by Gasteiger charge is -2.23. The molecule has 0 aromatic rings. The van der Waals surface area contributed by atoms with Gasteiger partial charge < -0.3 is 20.4 Å². The van der Waals surface area contributed by atoms with E-state index in [0.29, 0.717) is 13.1 Å². The Hall–Kier alpha value is -0.950. The molecule has 2 amide bonds. The van der Waals surface area contributed by atoms with Crippen LogP contribution in [0.15, 0.2) is 0 Å². The summed E-state index contributed by atoms with van der Waals surface area (Å²) in [5, 5.41) is 20.0. The van der Waals surface area contributed by atoms with Crippen molar-refractivity contribution in [1.29, 1.82) is 0 Å². The third-order valence-corrected chi connectivity index (χ3v) is 3.57. The van der Waals surface area contributed by atoms with E-state index in [-0.39, 0.29) is 19.1 Å². The van der Waals surface area contributed by atoms with E-state index in [0.717, 1.165) is 17.9 Å². The van der Waals surface area contributed by atoms with Crippen molar-refractivity contribution in [2.75, 3.05) is 31.2 Å². The molecule has 17 heavy (non-hydrogen) atoms. The van der Waals surface area contributed by atoms with Gasteiger partial charge in [-0.3, -0.25) is 0 Å². The molecule has 0 spiro atoms. The normalized spacial score (nSPS) is 18.3. The smallest absolute Gasteiger partial charge is 0.326 e. The molecule has 0 saturated carbocycles. The van der Waals surface area contributed by atoms with E-state index in [1.54, 1.807) is 16.7 Å². The Morgan fingerprint density at radius 3 is 2.76 bits per heavy atom. The van der Waals surface area contributed by atoms with Crippen molar-refractivity contribution in [1.82, 2.24) is 10.2 Å². The van der Waals surface area contributed by atoms with Gasteiger partial charge in [0.25, 0.3) is 0 Å². The van der Waals surface area contributed by atoms with Crippen molar-refractivity contribution in [2.45, 2.75) is 18.9 Å². The van der Waals surface area contributed by atoms with Gasteiger partial charge >= 0.3 is 12.0 Å². The molecule has 1 saturated heterocycles. The number of carboxylic acids is 1. The number of nitrogens with zero attached hydrogens (tertiary/aromatic N) is 1. The Bertz CT molecular complexity index is 267. The average molecular weight is 262 g/mol. The van der Waals surface area contributed by atoms with Crippen molar-refractivity contribution in [3.63, 3.8) is 0 Å². The van der Waals surface area contributed by atoms with E-state index in [1.807, 2.05) is 0 Å². The first kappa shape index (κ1) is 14.1. The molecule has 98 valence electrons. The van der Waals surface area contributed by atoms with Gasteiger partial charge in [-0.25, -0.2) is 9.59 Å². The zero-order chi connectivity index (χ0) is 12.7. The fraction of sp³-hybridized carbons (Fsp3) is 0.800. The number of aliphatic hydroxyl groups excluding tert-OH is 1. The quantitative estimate of drug-likeness (QED) is 0.662. The Morgan fingerprint density at radius 2 is 2.12 bits per heavy atom. The third kappa shape index (κ3) is 4.82. The fourth-order valence-corrected chi connectivity index (χ4v) is 2.46. The van der Waals surface area contributed by atoms with Crippen LogP contribution < -0.4 is 5.32 Å². The summed E-state index contributed by atoms with van der Waals surface area (Å²) in [6.45, 7) is 1.04. The van der Waals surface area contributed by atoms with Crippen molar-refractivity contribution in [2.24, 2.45) is 0 Å². The van der Waals surface area contributed by atoms with Gasteiger partial charge in [-0.1, -0.05) is 0 Å². The highest BCUT2D eigenvalue weighted by Gasteiger charge is 2.23. The molecule has 7 heteroatoms. The van der Waals surface area contributed by atoms with E-state index in [9.17, 15) is 9.59 Å². The third-order valence-electron chi connectivity index (χ3n) is 2.52. The van der Waals surface area contributed by atoms with E-state index in [2.05, 4.69) is 5.32 Å². The van der Waals surface area contributed by atoms with Gasteiger partial charge in [-0.15, -0.1) is 0 Å². The lowest BCUT2D eigenvalue weighted by atomic mass is 10.2. The van der Waals surface area contributed by atoms with Crippen LogP contribution in [-0.4, -0.2) is 64.4 Å². The minimum absolute atomic E-state index is 0.0314. The van der Waals surface area contributed by atoms with Crippen LogP contribution in [0.5, 0.6) is 0 Å². The molecule has 0 aromatic carbocycles. The van der Waals surface area contributed by atoms with Crippen molar-refractivity contribution in [3.05, 3.63) is 0 Å². The van der Waals surface area contributed by atoms with E-state index < -0.39 is 12.0 Å².